The van der Waals surface area contributed by atoms with Crippen LogP contribution in [-0.2, 0) is 27.3 Å². The number of carbonyl (C=O) groups excluding carboxylic acids is 2. The van der Waals surface area contributed by atoms with E-state index in [4.69, 9.17) is 0 Å². The summed E-state index contributed by atoms with van der Waals surface area (Å²) in [6.45, 7) is 0.557. The van der Waals surface area contributed by atoms with Crippen LogP contribution in [0.15, 0.2) is 41.2 Å². The van der Waals surface area contributed by atoms with Crippen molar-refractivity contribution in [2.45, 2.75) is 19.4 Å². The van der Waals surface area contributed by atoms with Crippen LogP contribution in [0.4, 0.5) is 4.39 Å². The SMILES string of the molecule is COC(=O)/C=C/C(=O)N1CCCc2c(nc(-c3cccc(F)c3)[nH]c2=O)C1. The van der Waals surface area contributed by atoms with Gasteiger partial charge in [-0.05, 0) is 25.0 Å². The fourth-order valence-electron chi connectivity index (χ4n) is 2.91. The van der Waals surface area contributed by atoms with Gasteiger partial charge in [0.25, 0.3) is 5.56 Å². The van der Waals surface area contributed by atoms with Gasteiger partial charge in [0.15, 0.2) is 0 Å². The molecule has 8 heteroatoms. The number of hydrogen-bond donors (Lipinski definition) is 1. The highest BCUT2D eigenvalue weighted by molar-refractivity contribution is 5.94. The lowest BCUT2D eigenvalue weighted by molar-refractivity contribution is -0.135. The molecule has 1 amide bonds. The van der Waals surface area contributed by atoms with Gasteiger partial charge in [0.05, 0.1) is 19.3 Å². The average molecular weight is 371 g/mol. The van der Waals surface area contributed by atoms with Gasteiger partial charge in [-0.1, -0.05) is 12.1 Å². The standard InChI is InChI=1S/C19H18FN3O4/c1-27-17(25)8-7-16(24)23-9-3-6-14-15(11-23)21-18(22-19(14)26)12-4-2-5-13(20)10-12/h2,4-5,7-8,10H,3,6,9,11H2,1H3,(H,21,22,26)/b8-7+. The summed E-state index contributed by atoms with van der Waals surface area (Å²) in [6, 6.07) is 5.76. The molecule has 1 aliphatic rings. The van der Waals surface area contributed by atoms with Crippen molar-refractivity contribution in [3.05, 3.63) is 63.8 Å². The molecule has 2 aromatic rings. The van der Waals surface area contributed by atoms with Gasteiger partial charge in [-0.2, -0.15) is 0 Å². The Hall–Kier alpha value is -3.29. The highest BCUT2D eigenvalue weighted by Gasteiger charge is 2.22. The van der Waals surface area contributed by atoms with Crippen molar-refractivity contribution >= 4 is 11.9 Å². The first kappa shape index (κ1) is 18.5. The van der Waals surface area contributed by atoms with E-state index in [0.29, 0.717) is 36.2 Å². The zero-order valence-electron chi connectivity index (χ0n) is 14.7. The summed E-state index contributed by atoms with van der Waals surface area (Å²) in [5, 5.41) is 0. The van der Waals surface area contributed by atoms with Gasteiger partial charge in [-0.3, -0.25) is 9.59 Å². The third-order valence-corrected chi connectivity index (χ3v) is 4.27. The number of benzene rings is 1. The number of fused-ring (bicyclic) bond motifs is 1. The molecule has 1 aromatic heterocycles. The molecule has 0 saturated heterocycles. The summed E-state index contributed by atoms with van der Waals surface area (Å²) in [4.78, 5) is 44.6. The maximum absolute atomic E-state index is 13.5. The molecular formula is C19H18FN3O4. The maximum Gasteiger partial charge on any atom is 0.330 e. The lowest BCUT2D eigenvalue weighted by Crippen LogP contribution is -2.30. The third-order valence-electron chi connectivity index (χ3n) is 4.27. The summed E-state index contributed by atoms with van der Waals surface area (Å²) in [5.74, 6) is -1.18. The van der Waals surface area contributed by atoms with Crippen LogP contribution in [0.1, 0.15) is 17.7 Å². The lowest BCUT2D eigenvalue weighted by atomic mass is 10.1. The Labute approximate surface area is 154 Å². The van der Waals surface area contributed by atoms with Crippen LogP contribution in [0.2, 0.25) is 0 Å². The van der Waals surface area contributed by atoms with E-state index in [1.54, 1.807) is 6.07 Å². The van der Waals surface area contributed by atoms with Crippen molar-refractivity contribution in [2.24, 2.45) is 0 Å². The maximum atomic E-state index is 13.5. The van der Waals surface area contributed by atoms with Crippen LogP contribution in [-0.4, -0.2) is 40.4 Å². The molecule has 0 bridgehead atoms. The van der Waals surface area contributed by atoms with E-state index in [0.717, 1.165) is 12.2 Å². The summed E-state index contributed by atoms with van der Waals surface area (Å²) < 4.78 is 18.0. The number of rotatable bonds is 3. The highest BCUT2D eigenvalue weighted by atomic mass is 19.1. The van der Waals surface area contributed by atoms with Crippen LogP contribution < -0.4 is 5.56 Å². The van der Waals surface area contributed by atoms with Crippen molar-refractivity contribution in [1.29, 1.82) is 0 Å². The van der Waals surface area contributed by atoms with E-state index in [1.165, 1.54) is 30.2 Å². The average Bonchev–Trinajstić information content (AvgIpc) is 2.88. The molecule has 0 atom stereocenters. The second kappa shape index (κ2) is 7.94. The van der Waals surface area contributed by atoms with Gasteiger partial charge in [-0.15, -0.1) is 0 Å². The lowest BCUT2D eigenvalue weighted by Gasteiger charge is -2.18. The second-order valence-corrected chi connectivity index (χ2v) is 6.07. The molecule has 27 heavy (non-hydrogen) atoms. The Morgan fingerprint density at radius 1 is 1.33 bits per heavy atom. The van der Waals surface area contributed by atoms with Crippen molar-refractivity contribution in [1.82, 2.24) is 14.9 Å². The minimum absolute atomic E-state index is 0.131. The van der Waals surface area contributed by atoms with E-state index in [1.807, 2.05) is 0 Å². The first-order chi connectivity index (χ1) is 13.0. The van der Waals surface area contributed by atoms with Crippen LogP contribution in [0, 0.1) is 5.82 Å². The summed E-state index contributed by atoms with van der Waals surface area (Å²) in [6.07, 6.45) is 3.26. The molecular weight excluding hydrogens is 353 g/mol. The number of nitrogens with zero attached hydrogens (tertiary/aromatic N) is 2. The van der Waals surface area contributed by atoms with E-state index in [-0.39, 0.29) is 23.8 Å². The molecule has 1 aromatic carbocycles. The fraction of sp³-hybridized carbons (Fsp3) is 0.263. The Kier molecular flexibility index (Phi) is 5.44. The summed E-state index contributed by atoms with van der Waals surface area (Å²) >= 11 is 0. The van der Waals surface area contributed by atoms with E-state index in [2.05, 4.69) is 14.7 Å². The predicted octanol–water partition coefficient (Wildman–Crippen LogP) is 1.58. The molecule has 0 saturated carbocycles. The van der Waals surface area contributed by atoms with Gasteiger partial charge in [0.1, 0.15) is 11.6 Å². The first-order valence-electron chi connectivity index (χ1n) is 8.41. The minimum atomic E-state index is -0.624. The van der Waals surface area contributed by atoms with Crippen molar-refractivity contribution in [3.8, 4) is 11.4 Å². The monoisotopic (exact) mass is 371 g/mol. The van der Waals surface area contributed by atoms with Gasteiger partial charge < -0.3 is 14.6 Å². The number of nitrogens with one attached hydrogen (secondary N) is 1. The van der Waals surface area contributed by atoms with Crippen LogP contribution in [0.5, 0.6) is 0 Å². The Morgan fingerprint density at radius 3 is 2.89 bits per heavy atom. The number of aromatic nitrogens is 2. The smallest absolute Gasteiger partial charge is 0.330 e. The number of aromatic amines is 1. The number of H-pyrrole nitrogens is 1. The fourth-order valence-corrected chi connectivity index (χ4v) is 2.91. The van der Waals surface area contributed by atoms with Crippen molar-refractivity contribution < 1.29 is 18.7 Å². The van der Waals surface area contributed by atoms with Crippen LogP contribution in [0.3, 0.4) is 0 Å². The number of amides is 1. The molecule has 0 radical (unpaired) electrons. The molecule has 2 heterocycles. The normalized spacial score (nSPS) is 13.9. The quantitative estimate of drug-likeness (QED) is 0.653. The van der Waals surface area contributed by atoms with Crippen LogP contribution >= 0.6 is 0 Å². The van der Waals surface area contributed by atoms with Crippen molar-refractivity contribution in [3.63, 3.8) is 0 Å². The van der Waals surface area contributed by atoms with E-state index < -0.39 is 11.8 Å². The Balaban J connectivity index is 1.92. The third kappa shape index (κ3) is 4.28. The minimum Gasteiger partial charge on any atom is -0.466 e. The molecule has 0 aliphatic carbocycles. The second-order valence-electron chi connectivity index (χ2n) is 6.07. The Bertz CT molecular complexity index is 968. The number of esters is 1. The van der Waals surface area contributed by atoms with Crippen molar-refractivity contribution in [2.75, 3.05) is 13.7 Å². The molecule has 3 rings (SSSR count). The van der Waals surface area contributed by atoms with Gasteiger partial charge in [0.2, 0.25) is 5.91 Å². The largest absolute Gasteiger partial charge is 0.466 e. The summed E-state index contributed by atoms with van der Waals surface area (Å²) in [7, 11) is 1.23. The molecule has 1 N–H and O–H groups in total. The van der Waals surface area contributed by atoms with E-state index in [9.17, 15) is 18.8 Å². The number of carbonyl (C=O) groups is 2. The predicted molar refractivity (Wildman–Crippen MR) is 95.1 cm³/mol. The summed E-state index contributed by atoms with van der Waals surface area (Å²) in [5.41, 5.74) is 1.14. The Morgan fingerprint density at radius 2 is 2.15 bits per heavy atom. The molecule has 0 unspecified atom stereocenters. The van der Waals surface area contributed by atoms with Gasteiger partial charge in [-0.25, -0.2) is 14.2 Å². The number of halogens is 1. The highest BCUT2D eigenvalue weighted by Crippen LogP contribution is 2.19. The van der Waals surface area contributed by atoms with Gasteiger partial charge >= 0.3 is 5.97 Å². The number of hydrogen-bond acceptors (Lipinski definition) is 5. The first-order valence-corrected chi connectivity index (χ1v) is 8.41. The molecule has 1 aliphatic heterocycles. The van der Waals surface area contributed by atoms with E-state index >= 15 is 0 Å². The number of methoxy groups -OCH3 is 1. The van der Waals surface area contributed by atoms with Crippen LogP contribution in [0.25, 0.3) is 11.4 Å². The molecule has 140 valence electrons. The number of ether oxygens (including phenoxy) is 1. The zero-order chi connectivity index (χ0) is 19.4. The molecule has 0 fully saturated rings. The molecule has 0 spiro atoms. The zero-order valence-corrected chi connectivity index (χ0v) is 14.7. The topological polar surface area (TPSA) is 92.4 Å². The van der Waals surface area contributed by atoms with Gasteiger partial charge in [0, 0.05) is 29.8 Å². The molecule has 7 nitrogen and oxygen atoms in total.